The Bertz CT molecular complexity index is 668. The summed E-state index contributed by atoms with van der Waals surface area (Å²) in [6.07, 6.45) is 1.11. The lowest BCUT2D eigenvalue weighted by Gasteiger charge is -2.35. The molecule has 1 aromatic rings. The molecule has 2 atom stereocenters. The molecule has 1 aromatic carbocycles. The number of carbonyl (C=O) groups excluding carboxylic acids is 3. The zero-order valence-corrected chi connectivity index (χ0v) is 16.4. The average molecular weight is 410 g/mol. The number of hydrogen-bond acceptors (Lipinski definition) is 3. The first kappa shape index (κ1) is 19.4. The summed E-state index contributed by atoms with van der Waals surface area (Å²) in [5, 5.41) is 5.16. The summed E-state index contributed by atoms with van der Waals surface area (Å²) in [6.45, 7) is 6.95. The summed E-state index contributed by atoms with van der Waals surface area (Å²) < 4.78 is 0.772. The van der Waals surface area contributed by atoms with E-state index in [0.29, 0.717) is 23.1 Å². The van der Waals surface area contributed by atoms with Crippen molar-refractivity contribution in [3.05, 3.63) is 28.2 Å². The second-order valence-electron chi connectivity index (χ2n) is 6.80. The SMILES string of the molecule is CC(=O)NCC(=O)Nc1ccc(Br)cc1C(=O)N1C[C@H](C)C[C@H](C)C1. The first-order valence-corrected chi connectivity index (χ1v) is 9.18. The summed E-state index contributed by atoms with van der Waals surface area (Å²) in [7, 11) is 0. The molecule has 0 radical (unpaired) electrons. The van der Waals surface area contributed by atoms with Gasteiger partial charge in [-0.15, -0.1) is 0 Å². The molecule has 0 saturated carbocycles. The van der Waals surface area contributed by atoms with Gasteiger partial charge in [0.25, 0.3) is 5.91 Å². The highest BCUT2D eigenvalue weighted by molar-refractivity contribution is 9.10. The first-order valence-electron chi connectivity index (χ1n) is 8.39. The second-order valence-corrected chi connectivity index (χ2v) is 7.72. The number of nitrogens with zero attached hydrogens (tertiary/aromatic N) is 1. The summed E-state index contributed by atoms with van der Waals surface area (Å²) in [5.74, 6) is 0.176. The molecule has 25 heavy (non-hydrogen) atoms. The van der Waals surface area contributed by atoms with Crippen LogP contribution in [0, 0.1) is 11.8 Å². The van der Waals surface area contributed by atoms with Crippen LogP contribution in [0.5, 0.6) is 0 Å². The minimum absolute atomic E-state index is 0.0884. The van der Waals surface area contributed by atoms with Crippen LogP contribution in [0.3, 0.4) is 0 Å². The van der Waals surface area contributed by atoms with Gasteiger partial charge in [-0.25, -0.2) is 0 Å². The molecule has 1 aliphatic rings. The van der Waals surface area contributed by atoms with Gasteiger partial charge < -0.3 is 15.5 Å². The number of piperidine rings is 1. The number of likely N-dealkylation sites (tertiary alicyclic amines) is 1. The van der Waals surface area contributed by atoms with E-state index in [2.05, 4.69) is 40.4 Å². The molecule has 3 amide bonds. The Labute approximate surface area is 156 Å². The van der Waals surface area contributed by atoms with Crippen LogP contribution in [0.2, 0.25) is 0 Å². The Morgan fingerprint density at radius 3 is 2.44 bits per heavy atom. The van der Waals surface area contributed by atoms with Crippen molar-refractivity contribution >= 4 is 39.3 Å². The minimum Gasteiger partial charge on any atom is -0.347 e. The van der Waals surface area contributed by atoms with Gasteiger partial charge in [0.1, 0.15) is 0 Å². The van der Waals surface area contributed by atoms with Gasteiger partial charge in [0.15, 0.2) is 0 Å². The fourth-order valence-electron chi connectivity index (χ4n) is 3.20. The van der Waals surface area contributed by atoms with E-state index in [1.54, 1.807) is 18.2 Å². The topological polar surface area (TPSA) is 78.5 Å². The van der Waals surface area contributed by atoms with Crippen molar-refractivity contribution in [1.82, 2.24) is 10.2 Å². The maximum Gasteiger partial charge on any atom is 0.256 e. The van der Waals surface area contributed by atoms with Crippen molar-refractivity contribution in [2.45, 2.75) is 27.2 Å². The fourth-order valence-corrected chi connectivity index (χ4v) is 3.56. The van der Waals surface area contributed by atoms with Crippen molar-refractivity contribution in [1.29, 1.82) is 0 Å². The average Bonchev–Trinajstić information content (AvgIpc) is 2.53. The summed E-state index contributed by atoms with van der Waals surface area (Å²) in [4.78, 5) is 37.8. The smallest absolute Gasteiger partial charge is 0.256 e. The van der Waals surface area contributed by atoms with Crippen LogP contribution in [-0.2, 0) is 9.59 Å². The minimum atomic E-state index is -0.369. The molecule has 1 heterocycles. The fraction of sp³-hybridized carbons (Fsp3) is 0.500. The van der Waals surface area contributed by atoms with E-state index in [1.807, 2.05) is 4.90 Å². The lowest BCUT2D eigenvalue weighted by Crippen LogP contribution is -2.43. The van der Waals surface area contributed by atoms with Gasteiger partial charge in [-0.3, -0.25) is 14.4 Å². The summed E-state index contributed by atoms with van der Waals surface area (Å²) in [5.41, 5.74) is 0.904. The molecule has 2 rings (SSSR count). The van der Waals surface area contributed by atoms with Crippen molar-refractivity contribution in [3.8, 4) is 0 Å². The first-order chi connectivity index (χ1) is 11.8. The Hall–Kier alpha value is -1.89. The van der Waals surface area contributed by atoms with Crippen molar-refractivity contribution in [2.75, 3.05) is 25.0 Å². The normalized spacial score (nSPS) is 20.1. The Morgan fingerprint density at radius 2 is 1.84 bits per heavy atom. The van der Waals surface area contributed by atoms with Crippen LogP contribution in [0.1, 0.15) is 37.6 Å². The molecule has 0 aromatic heterocycles. The van der Waals surface area contributed by atoms with Crippen molar-refractivity contribution in [2.24, 2.45) is 11.8 Å². The van der Waals surface area contributed by atoms with Gasteiger partial charge in [-0.05, 0) is 36.5 Å². The number of halogens is 1. The molecular weight excluding hydrogens is 386 g/mol. The highest BCUT2D eigenvalue weighted by atomic mass is 79.9. The van der Waals surface area contributed by atoms with Gasteiger partial charge in [-0.2, -0.15) is 0 Å². The molecule has 0 bridgehead atoms. The van der Waals surface area contributed by atoms with Crippen molar-refractivity contribution < 1.29 is 14.4 Å². The highest BCUT2D eigenvalue weighted by Crippen LogP contribution is 2.27. The molecule has 0 aliphatic carbocycles. The Kier molecular flexibility index (Phi) is 6.58. The molecule has 1 fully saturated rings. The molecule has 6 nitrogen and oxygen atoms in total. The largest absolute Gasteiger partial charge is 0.347 e. The molecular formula is C18H24BrN3O3. The van der Waals surface area contributed by atoms with E-state index < -0.39 is 0 Å². The van der Waals surface area contributed by atoms with Gasteiger partial charge >= 0.3 is 0 Å². The Morgan fingerprint density at radius 1 is 1.20 bits per heavy atom. The second kappa shape index (κ2) is 8.47. The third kappa shape index (κ3) is 5.56. The highest BCUT2D eigenvalue weighted by Gasteiger charge is 2.27. The maximum absolute atomic E-state index is 13.0. The van der Waals surface area contributed by atoms with Gasteiger partial charge in [-0.1, -0.05) is 29.8 Å². The number of carbonyl (C=O) groups is 3. The van der Waals surface area contributed by atoms with E-state index in [4.69, 9.17) is 0 Å². The monoisotopic (exact) mass is 409 g/mol. The molecule has 136 valence electrons. The van der Waals surface area contributed by atoms with Gasteiger partial charge in [0.05, 0.1) is 17.8 Å². The third-order valence-corrected chi connectivity index (χ3v) is 4.63. The van der Waals surface area contributed by atoms with Crippen LogP contribution in [-0.4, -0.2) is 42.3 Å². The van der Waals surface area contributed by atoms with Gasteiger partial charge in [0, 0.05) is 24.5 Å². The number of rotatable bonds is 4. The maximum atomic E-state index is 13.0. The quantitative estimate of drug-likeness (QED) is 0.801. The number of amides is 3. The molecule has 0 unspecified atom stereocenters. The van der Waals surface area contributed by atoms with Crippen molar-refractivity contribution in [3.63, 3.8) is 0 Å². The lowest BCUT2D eigenvalue weighted by atomic mass is 9.91. The van der Waals surface area contributed by atoms with Crippen LogP contribution in [0.25, 0.3) is 0 Å². The van der Waals surface area contributed by atoms with E-state index in [-0.39, 0.29) is 24.3 Å². The number of anilines is 1. The standard InChI is InChI=1S/C18H24BrN3O3/c1-11-6-12(2)10-22(9-11)18(25)15-7-14(19)4-5-16(15)21-17(24)8-20-13(3)23/h4-5,7,11-12H,6,8-10H2,1-3H3,(H,20,23)(H,21,24)/t11-,12+. The van der Waals surface area contributed by atoms with Crippen LogP contribution >= 0.6 is 15.9 Å². The van der Waals surface area contributed by atoms with Crippen LogP contribution < -0.4 is 10.6 Å². The van der Waals surface area contributed by atoms with Crippen LogP contribution in [0.4, 0.5) is 5.69 Å². The number of hydrogen-bond donors (Lipinski definition) is 2. The predicted molar refractivity (Wildman–Crippen MR) is 100 cm³/mol. The zero-order chi connectivity index (χ0) is 18.6. The zero-order valence-electron chi connectivity index (χ0n) is 14.8. The van der Waals surface area contributed by atoms with E-state index >= 15 is 0 Å². The van der Waals surface area contributed by atoms with Crippen LogP contribution in [0.15, 0.2) is 22.7 Å². The predicted octanol–water partition coefficient (Wildman–Crippen LogP) is 2.64. The number of nitrogens with one attached hydrogen (secondary N) is 2. The molecule has 1 saturated heterocycles. The lowest BCUT2D eigenvalue weighted by molar-refractivity contribution is -0.122. The Balaban J connectivity index is 2.18. The molecule has 7 heteroatoms. The molecule has 0 spiro atoms. The molecule has 2 N–H and O–H groups in total. The molecule has 1 aliphatic heterocycles. The number of benzene rings is 1. The van der Waals surface area contributed by atoms with E-state index in [1.165, 1.54) is 6.92 Å². The summed E-state index contributed by atoms with van der Waals surface area (Å²) in [6, 6.07) is 5.19. The van der Waals surface area contributed by atoms with E-state index in [9.17, 15) is 14.4 Å². The summed E-state index contributed by atoms with van der Waals surface area (Å²) >= 11 is 3.39. The third-order valence-electron chi connectivity index (χ3n) is 4.14. The van der Waals surface area contributed by atoms with Gasteiger partial charge in [0.2, 0.25) is 11.8 Å². The van der Waals surface area contributed by atoms with E-state index in [0.717, 1.165) is 24.0 Å².